The lowest BCUT2D eigenvalue weighted by Crippen LogP contribution is -2.13. The van der Waals surface area contributed by atoms with E-state index in [0.29, 0.717) is 11.3 Å². The Kier molecular flexibility index (Phi) is 5.27. The van der Waals surface area contributed by atoms with Crippen LogP contribution in [0.25, 0.3) is 0 Å². The minimum atomic E-state index is -4.51. The van der Waals surface area contributed by atoms with Gasteiger partial charge in [0, 0.05) is 11.9 Å². The van der Waals surface area contributed by atoms with Crippen LogP contribution in [-0.4, -0.2) is 10.9 Å². The number of hydrogen-bond donors (Lipinski definition) is 2. The smallest absolute Gasteiger partial charge is 0.354 e. The summed E-state index contributed by atoms with van der Waals surface area (Å²) < 4.78 is 39.3. The topological polar surface area (TPSA) is 77.8 Å². The molecule has 0 saturated carbocycles. The van der Waals surface area contributed by atoms with Gasteiger partial charge in [-0.15, -0.1) is 0 Å². The third-order valence-corrected chi connectivity index (χ3v) is 3.78. The van der Waals surface area contributed by atoms with E-state index in [1.165, 1.54) is 36.7 Å². The number of nitriles is 1. The molecule has 0 aliphatic rings. The Morgan fingerprint density at radius 3 is 2.39 bits per heavy atom. The van der Waals surface area contributed by atoms with Gasteiger partial charge < -0.3 is 10.6 Å². The molecule has 3 aromatic rings. The molecule has 1 aromatic heterocycles. The van der Waals surface area contributed by atoms with Crippen LogP contribution in [0.4, 0.5) is 30.2 Å². The van der Waals surface area contributed by atoms with E-state index >= 15 is 0 Å². The van der Waals surface area contributed by atoms with Gasteiger partial charge in [0.1, 0.15) is 0 Å². The van der Waals surface area contributed by atoms with Crippen LogP contribution in [0.15, 0.2) is 67.0 Å². The fourth-order valence-electron chi connectivity index (χ4n) is 2.46. The Balaban J connectivity index is 1.79. The number of aromatic nitrogens is 1. The van der Waals surface area contributed by atoms with Crippen LogP contribution in [0.2, 0.25) is 0 Å². The second-order valence-corrected chi connectivity index (χ2v) is 5.77. The SMILES string of the molecule is N#Cc1ccc(NC(=O)c2cncc(Nc3ccccc3C(F)(F)F)c2)cc1. The van der Waals surface area contributed by atoms with Crippen LogP contribution >= 0.6 is 0 Å². The summed E-state index contributed by atoms with van der Waals surface area (Å²) in [5, 5.41) is 14.1. The molecule has 140 valence electrons. The highest BCUT2D eigenvalue weighted by Crippen LogP contribution is 2.35. The number of benzene rings is 2. The molecule has 0 radical (unpaired) electrons. The average molecular weight is 382 g/mol. The first-order valence-electron chi connectivity index (χ1n) is 8.06. The molecule has 0 atom stereocenters. The van der Waals surface area contributed by atoms with Gasteiger partial charge in [0.25, 0.3) is 5.91 Å². The Bertz CT molecular complexity index is 1040. The maximum atomic E-state index is 13.1. The van der Waals surface area contributed by atoms with Gasteiger partial charge in [-0.1, -0.05) is 12.1 Å². The number of anilines is 3. The van der Waals surface area contributed by atoms with Crippen molar-refractivity contribution in [1.29, 1.82) is 5.26 Å². The van der Waals surface area contributed by atoms with Crippen molar-refractivity contribution in [2.45, 2.75) is 6.18 Å². The Morgan fingerprint density at radius 2 is 1.71 bits per heavy atom. The molecule has 3 rings (SSSR count). The first-order valence-corrected chi connectivity index (χ1v) is 8.06. The van der Waals surface area contributed by atoms with Crippen molar-refractivity contribution in [1.82, 2.24) is 4.98 Å². The van der Waals surface area contributed by atoms with Gasteiger partial charge in [0.05, 0.1) is 40.3 Å². The lowest BCUT2D eigenvalue weighted by molar-refractivity contribution is -0.136. The fourth-order valence-corrected chi connectivity index (χ4v) is 2.46. The van der Waals surface area contributed by atoms with Crippen molar-refractivity contribution < 1.29 is 18.0 Å². The van der Waals surface area contributed by atoms with Crippen molar-refractivity contribution in [2.75, 3.05) is 10.6 Å². The van der Waals surface area contributed by atoms with Crippen LogP contribution < -0.4 is 10.6 Å². The van der Waals surface area contributed by atoms with Crippen LogP contribution in [0, 0.1) is 11.3 Å². The zero-order valence-corrected chi connectivity index (χ0v) is 14.3. The summed E-state index contributed by atoms with van der Waals surface area (Å²) in [6, 6.07) is 14.7. The number of para-hydroxylation sites is 1. The first-order chi connectivity index (χ1) is 13.4. The van der Waals surface area contributed by atoms with Crippen molar-refractivity contribution in [3.63, 3.8) is 0 Å². The number of hydrogen-bond acceptors (Lipinski definition) is 4. The number of nitrogens with zero attached hydrogens (tertiary/aromatic N) is 2. The predicted molar refractivity (Wildman–Crippen MR) is 98.1 cm³/mol. The summed E-state index contributed by atoms with van der Waals surface area (Å²) in [5.41, 5.74) is 0.380. The normalized spacial score (nSPS) is 10.8. The van der Waals surface area contributed by atoms with Gasteiger partial charge in [-0.3, -0.25) is 9.78 Å². The number of amides is 1. The maximum absolute atomic E-state index is 13.1. The molecule has 0 aliphatic carbocycles. The molecule has 2 aromatic carbocycles. The molecule has 0 fully saturated rings. The molecule has 8 heteroatoms. The van der Waals surface area contributed by atoms with Crippen molar-refractivity contribution in [3.05, 3.63) is 83.7 Å². The molecule has 28 heavy (non-hydrogen) atoms. The van der Waals surface area contributed by atoms with E-state index < -0.39 is 17.6 Å². The highest BCUT2D eigenvalue weighted by molar-refractivity contribution is 6.04. The largest absolute Gasteiger partial charge is 0.418 e. The van der Waals surface area contributed by atoms with E-state index in [-0.39, 0.29) is 16.9 Å². The van der Waals surface area contributed by atoms with Crippen molar-refractivity contribution in [2.24, 2.45) is 0 Å². The monoisotopic (exact) mass is 382 g/mol. The van der Waals surface area contributed by atoms with E-state index in [1.807, 2.05) is 6.07 Å². The Morgan fingerprint density at radius 1 is 1.00 bits per heavy atom. The van der Waals surface area contributed by atoms with E-state index in [9.17, 15) is 18.0 Å². The van der Waals surface area contributed by atoms with Gasteiger partial charge in [0.2, 0.25) is 0 Å². The van der Waals surface area contributed by atoms with E-state index in [4.69, 9.17) is 5.26 Å². The third kappa shape index (κ3) is 4.45. The standard InChI is InChI=1S/C20H13F3N4O/c21-20(22,23)17-3-1-2-4-18(17)26-16-9-14(11-25-12-16)19(28)27-15-7-5-13(10-24)6-8-15/h1-9,11-12,26H,(H,27,28). The average Bonchev–Trinajstić information content (AvgIpc) is 2.68. The number of nitrogens with one attached hydrogen (secondary N) is 2. The molecule has 0 aliphatic heterocycles. The van der Waals surface area contributed by atoms with Crippen LogP contribution in [-0.2, 0) is 6.18 Å². The highest BCUT2D eigenvalue weighted by atomic mass is 19.4. The summed E-state index contributed by atoms with van der Waals surface area (Å²) >= 11 is 0. The number of alkyl halides is 3. The quantitative estimate of drug-likeness (QED) is 0.668. The summed E-state index contributed by atoms with van der Waals surface area (Å²) in [4.78, 5) is 16.3. The van der Waals surface area contributed by atoms with Crippen LogP contribution in [0.3, 0.4) is 0 Å². The molecular weight excluding hydrogens is 369 g/mol. The highest BCUT2D eigenvalue weighted by Gasteiger charge is 2.33. The summed E-state index contributed by atoms with van der Waals surface area (Å²) in [6.07, 6.45) is -1.88. The molecule has 0 spiro atoms. The second kappa shape index (κ2) is 7.80. The van der Waals surface area contributed by atoms with Gasteiger partial charge in [-0.2, -0.15) is 18.4 Å². The van der Waals surface area contributed by atoms with Crippen molar-refractivity contribution in [3.8, 4) is 6.07 Å². The van der Waals surface area contributed by atoms with E-state index in [0.717, 1.165) is 6.07 Å². The predicted octanol–water partition coefficient (Wildman–Crippen LogP) is 4.97. The summed E-state index contributed by atoms with van der Waals surface area (Å²) in [7, 11) is 0. The molecular formula is C20H13F3N4O. The minimum Gasteiger partial charge on any atom is -0.354 e. The first kappa shape index (κ1) is 18.9. The lowest BCUT2D eigenvalue weighted by Gasteiger charge is -2.14. The van der Waals surface area contributed by atoms with Crippen LogP contribution in [0.5, 0.6) is 0 Å². The van der Waals surface area contributed by atoms with E-state index in [1.54, 1.807) is 24.3 Å². The Hall–Kier alpha value is -3.86. The minimum absolute atomic E-state index is 0.138. The second-order valence-electron chi connectivity index (χ2n) is 5.77. The molecule has 0 unspecified atom stereocenters. The number of halogens is 3. The Labute approximate surface area is 158 Å². The zero-order chi connectivity index (χ0) is 20.1. The fraction of sp³-hybridized carbons (Fsp3) is 0.0500. The van der Waals surface area contributed by atoms with Gasteiger partial charge in [0.15, 0.2) is 0 Å². The number of pyridine rings is 1. The summed E-state index contributed by atoms with van der Waals surface area (Å²) in [5.74, 6) is -0.482. The number of carbonyl (C=O) groups is 1. The van der Waals surface area contributed by atoms with E-state index in [2.05, 4.69) is 15.6 Å². The molecule has 0 bridgehead atoms. The van der Waals surface area contributed by atoms with Crippen LogP contribution in [0.1, 0.15) is 21.5 Å². The molecule has 1 amide bonds. The molecule has 1 heterocycles. The van der Waals surface area contributed by atoms with Gasteiger partial charge >= 0.3 is 6.18 Å². The number of carbonyl (C=O) groups excluding carboxylic acids is 1. The zero-order valence-electron chi connectivity index (χ0n) is 14.3. The van der Waals surface area contributed by atoms with Crippen molar-refractivity contribution >= 4 is 23.0 Å². The lowest BCUT2D eigenvalue weighted by atomic mass is 10.1. The maximum Gasteiger partial charge on any atom is 0.418 e. The number of rotatable bonds is 4. The molecule has 2 N–H and O–H groups in total. The molecule has 0 saturated heterocycles. The third-order valence-electron chi connectivity index (χ3n) is 3.78. The molecule has 5 nitrogen and oxygen atoms in total. The van der Waals surface area contributed by atoms with Gasteiger partial charge in [-0.05, 0) is 42.5 Å². The summed E-state index contributed by atoms with van der Waals surface area (Å²) in [6.45, 7) is 0. The van der Waals surface area contributed by atoms with Gasteiger partial charge in [-0.25, -0.2) is 0 Å².